The number of hydrogen-bond donors (Lipinski definition) is 2. The molecule has 6 nitrogen and oxygen atoms in total. The first-order valence-electron chi connectivity index (χ1n) is 9.58. The van der Waals surface area contributed by atoms with E-state index in [4.69, 9.17) is 10.7 Å². The van der Waals surface area contributed by atoms with Gasteiger partial charge in [0.05, 0.1) is 23.2 Å². The molecule has 144 valence electrons. The van der Waals surface area contributed by atoms with E-state index in [-0.39, 0.29) is 0 Å². The number of imidazole rings is 1. The molecular formula is C22H25N5O. The van der Waals surface area contributed by atoms with Crippen molar-refractivity contribution in [1.29, 1.82) is 0 Å². The summed E-state index contributed by atoms with van der Waals surface area (Å²) in [6.45, 7) is 6.18. The third kappa shape index (κ3) is 3.31. The zero-order valence-electron chi connectivity index (χ0n) is 16.5. The largest absolute Gasteiger partial charge is 0.389 e. The van der Waals surface area contributed by atoms with Crippen molar-refractivity contribution >= 4 is 27.8 Å². The van der Waals surface area contributed by atoms with E-state index in [2.05, 4.69) is 33.6 Å². The first-order chi connectivity index (χ1) is 13.4. The van der Waals surface area contributed by atoms with Gasteiger partial charge in [-0.1, -0.05) is 25.1 Å². The molecule has 3 aromatic heterocycles. The molecule has 0 bridgehead atoms. The Morgan fingerprint density at radius 1 is 1.14 bits per heavy atom. The van der Waals surface area contributed by atoms with E-state index in [1.165, 1.54) is 0 Å². The van der Waals surface area contributed by atoms with Crippen LogP contribution in [0, 0.1) is 0 Å². The molecule has 0 aliphatic carbocycles. The summed E-state index contributed by atoms with van der Waals surface area (Å²) < 4.78 is 2.10. The molecule has 0 aliphatic heterocycles. The molecule has 3 heterocycles. The van der Waals surface area contributed by atoms with Gasteiger partial charge in [0.1, 0.15) is 11.3 Å². The summed E-state index contributed by atoms with van der Waals surface area (Å²) in [5.74, 6) is 1.34. The molecule has 4 rings (SSSR count). The normalized spacial score (nSPS) is 12.1. The number of rotatable bonds is 5. The van der Waals surface area contributed by atoms with Crippen molar-refractivity contribution < 1.29 is 5.11 Å². The molecule has 0 spiro atoms. The Kier molecular flexibility index (Phi) is 4.51. The molecule has 0 amide bonds. The summed E-state index contributed by atoms with van der Waals surface area (Å²) in [6, 6.07) is 10.1. The Bertz CT molecular complexity index is 1140. The molecule has 0 saturated heterocycles. The van der Waals surface area contributed by atoms with Gasteiger partial charge in [-0.2, -0.15) is 0 Å². The minimum Gasteiger partial charge on any atom is -0.389 e. The average Bonchev–Trinajstić information content (AvgIpc) is 3.00. The van der Waals surface area contributed by atoms with E-state index in [9.17, 15) is 5.11 Å². The quantitative estimate of drug-likeness (QED) is 0.551. The fourth-order valence-corrected chi connectivity index (χ4v) is 3.64. The van der Waals surface area contributed by atoms with Crippen molar-refractivity contribution in [2.24, 2.45) is 0 Å². The third-order valence-corrected chi connectivity index (χ3v) is 4.80. The van der Waals surface area contributed by atoms with Gasteiger partial charge in [0, 0.05) is 29.8 Å². The number of pyridine rings is 2. The number of nitrogens with zero attached hydrogens (tertiary/aromatic N) is 4. The second-order valence-electron chi connectivity index (χ2n) is 7.84. The number of aromatic nitrogens is 4. The second-order valence-corrected chi connectivity index (χ2v) is 7.84. The van der Waals surface area contributed by atoms with Gasteiger partial charge in [-0.05, 0) is 38.0 Å². The highest BCUT2D eigenvalue weighted by Crippen LogP contribution is 2.32. The standard InChI is InChI=1S/C22H25N5O/c1-4-6-18-26-19-20(27(18)13-22(2,3)28)16-9-8-14(11-17(16)25-21(19)23)15-7-5-10-24-12-15/h5,7-12,28H,4,6,13H2,1-3H3,(H2,23,25). The molecule has 3 N–H and O–H groups in total. The molecular weight excluding hydrogens is 350 g/mol. The van der Waals surface area contributed by atoms with Crippen molar-refractivity contribution in [3.8, 4) is 11.1 Å². The van der Waals surface area contributed by atoms with Gasteiger partial charge in [-0.3, -0.25) is 4.98 Å². The Labute approximate surface area is 164 Å². The predicted octanol–water partition coefficient (Wildman–Crippen LogP) is 3.95. The summed E-state index contributed by atoms with van der Waals surface area (Å²) >= 11 is 0. The minimum absolute atomic E-state index is 0.415. The van der Waals surface area contributed by atoms with E-state index in [0.29, 0.717) is 17.9 Å². The lowest BCUT2D eigenvalue weighted by Crippen LogP contribution is -2.27. The first kappa shape index (κ1) is 18.4. The van der Waals surface area contributed by atoms with Gasteiger partial charge in [0.2, 0.25) is 0 Å². The minimum atomic E-state index is -0.865. The lowest BCUT2D eigenvalue weighted by molar-refractivity contribution is 0.0618. The molecule has 28 heavy (non-hydrogen) atoms. The van der Waals surface area contributed by atoms with E-state index in [0.717, 1.165) is 46.2 Å². The smallest absolute Gasteiger partial charge is 0.152 e. The van der Waals surface area contributed by atoms with Crippen LogP contribution < -0.4 is 5.73 Å². The fraction of sp³-hybridized carbons (Fsp3) is 0.318. The van der Waals surface area contributed by atoms with Gasteiger partial charge in [-0.15, -0.1) is 0 Å². The van der Waals surface area contributed by atoms with Crippen LogP contribution in [0.25, 0.3) is 33.1 Å². The number of fused-ring (bicyclic) bond motifs is 3. The van der Waals surface area contributed by atoms with E-state index < -0.39 is 5.60 Å². The number of nitrogens with two attached hydrogens (primary N) is 1. The highest BCUT2D eigenvalue weighted by Gasteiger charge is 2.22. The number of aryl methyl sites for hydroxylation is 1. The monoisotopic (exact) mass is 375 g/mol. The zero-order valence-corrected chi connectivity index (χ0v) is 16.5. The van der Waals surface area contributed by atoms with Crippen LogP contribution in [0.2, 0.25) is 0 Å². The lowest BCUT2D eigenvalue weighted by Gasteiger charge is -2.20. The molecule has 0 fully saturated rings. The Morgan fingerprint density at radius 3 is 2.64 bits per heavy atom. The van der Waals surface area contributed by atoms with E-state index >= 15 is 0 Å². The average molecular weight is 375 g/mol. The van der Waals surface area contributed by atoms with Crippen molar-refractivity contribution in [3.63, 3.8) is 0 Å². The van der Waals surface area contributed by atoms with Gasteiger partial charge >= 0.3 is 0 Å². The lowest BCUT2D eigenvalue weighted by atomic mass is 10.0. The number of hydrogen-bond acceptors (Lipinski definition) is 5. The van der Waals surface area contributed by atoms with E-state index in [1.807, 2.05) is 38.2 Å². The fourth-order valence-electron chi connectivity index (χ4n) is 3.64. The van der Waals surface area contributed by atoms with Crippen LogP contribution in [0.3, 0.4) is 0 Å². The van der Waals surface area contributed by atoms with Crippen LogP contribution in [0.4, 0.5) is 5.82 Å². The Balaban J connectivity index is 1.99. The van der Waals surface area contributed by atoms with Crippen LogP contribution in [0.15, 0.2) is 42.7 Å². The third-order valence-electron chi connectivity index (χ3n) is 4.80. The summed E-state index contributed by atoms with van der Waals surface area (Å²) in [4.78, 5) is 13.6. The van der Waals surface area contributed by atoms with Gasteiger partial charge < -0.3 is 15.4 Å². The number of aliphatic hydroxyl groups is 1. The van der Waals surface area contributed by atoms with Crippen LogP contribution in [-0.2, 0) is 13.0 Å². The van der Waals surface area contributed by atoms with Gasteiger partial charge in [-0.25, -0.2) is 9.97 Å². The first-order valence-corrected chi connectivity index (χ1v) is 9.58. The summed E-state index contributed by atoms with van der Waals surface area (Å²) in [6.07, 6.45) is 5.38. The van der Waals surface area contributed by atoms with E-state index in [1.54, 1.807) is 6.20 Å². The highest BCUT2D eigenvalue weighted by molar-refractivity contribution is 6.07. The predicted molar refractivity (Wildman–Crippen MR) is 113 cm³/mol. The molecule has 0 saturated carbocycles. The van der Waals surface area contributed by atoms with Crippen molar-refractivity contribution in [2.45, 2.75) is 45.8 Å². The summed E-state index contributed by atoms with van der Waals surface area (Å²) in [7, 11) is 0. The van der Waals surface area contributed by atoms with Crippen LogP contribution in [0.5, 0.6) is 0 Å². The van der Waals surface area contributed by atoms with Crippen molar-refractivity contribution in [3.05, 3.63) is 48.5 Å². The van der Waals surface area contributed by atoms with Gasteiger partial charge in [0.25, 0.3) is 0 Å². The topological polar surface area (TPSA) is 89.9 Å². The van der Waals surface area contributed by atoms with Crippen LogP contribution in [0.1, 0.15) is 33.0 Å². The number of anilines is 1. The molecule has 4 aromatic rings. The molecule has 0 aliphatic rings. The molecule has 0 radical (unpaired) electrons. The number of nitrogen functional groups attached to an aromatic ring is 1. The Morgan fingerprint density at radius 2 is 1.96 bits per heavy atom. The van der Waals surface area contributed by atoms with Crippen molar-refractivity contribution in [1.82, 2.24) is 19.5 Å². The molecule has 6 heteroatoms. The van der Waals surface area contributed by atoms with Crippen LogP contribution >= 0.6 is 0 Å². The summed E-state index contributed by atoms with van der Waals surface area (Å²) in [5.41, 5.74) is 9.94. The second kappa shape index (κ2) is 6.87. The maximum absolute atomic E-state index is 10.5. The molecule has 1 aromatic carbocycles. The van der Waals surface area contributed by atoms with Crippen LogP contribution in [-0.4, -0.2) is 30.2 Å². The maximum Gasteiger partial charge on any atom is 0.152 e. The number of benzene rings is 1. The molecule has 0 unspecified atom stereocenters. The van der Waals surface area contributed by atoms with Crippen molar-refractivity contribution in [2.75, 3.05) is 5.73 Å². The maximum atomic E-state index is 10.5. The SMILES string of the molecule is CCCc1nc2c(N)nc3cc(-c4cccnc4)ccc3c2n1CC(C)(C)O. The zero-order chi connectivity index (χ0) is 19.9. The molecule has 0 atom stereocenters. The Hall–Kier alpha value is -2.99. The summed E-state index contributed by atoms with van der Waals surface area (Å²) in [5, 5.41) is 11.5. The van der Waals surface area contributed by atoms with Gasteiger partial charge in [0.15, 0.2) is 5.82 Å². The highest BCUT2D eigenvalue weighted by atomic mass is 16.3.